The molecule has 0 saturated heterocycles. The molecule has 6 heteroatoms. The molecule has 0 aliphatic rings. The fraction of sp³-hybridized carbons (Fsp3) is 0.312. The largest absolute Gasteiger partial charge is 0.323 e. The first kappa shape index (κ1) is 17.3. The number of hydrogen-bond acceptors (Lipinski definition) is 3. The van der Waals surface area contributed by atoms with Crippen LogP contribution in [0.3, 0.4) is 0 Å². The van der Waals surface area contributed by atoms with Crippen LogP contribution in [0.25, 0.3) is 0 Å². The summed E-state index contributed by atoms with van der Waals surface area (Å²) in [5.41, 5.74) is 0.540. The Morgan fingerprint density at radius 1 is 1.36 bits per heavy atom. The first-order valence-corrected chi connectivity index (χ1v) is 8.67. The molecule has 0 radical (unpaired) electrons. The summed E-state index contributed by atoms with van der Waals surface area (Å²) in [7, 11) is 0. The first-order valence-electron chi connectivity index (χ1n) is 7.03. The van der Waals surface area contributed by atoms with Gasteiger partial charge in [0.05, 0.1) is 16.8 Å². The summed E-state index contributed by atoms with van der Waals surface area (Å²) < 4.78 is 0. The second-order valence-electron chi connectivity index (χ2n) is 4.93. The zero-order valence-corrected chi connectivity index (χ0v) is 14.8. The standard InChI is InChI=1S/C16H18Cl2N2OS/c1-3-20(10-13-5-4-8-22-13)11(2)16(21)19-15-9-12(17)6-7-14(15)18/h4-9,11H,3,10H2,1-2H3,(H,19,21)/t11-/m0/s1. The van der Waals surface area contributed by atoms with E-state index >= 15 is 0 Å². The van der Waals surface area contributed by atoms with Crippen LogP contribution in [-0.4, -0.2) is 23.4 Å². The Balaban J connectivity index is 2.05. The summed E-state index contributed by atoms with van der Waals surface area (Å²) in [6.45, 7) is 5.48. The van der Waals surface area contributed by atoms with Gasteiger partial charge in [-0.2, -0.15) is 0 Å². The van der Waals surface area contributed by atoms with Crippen LogP contribution in [0.1, 0.15) is 18.7 Å². The Kier molecular flexibility index (Phi) is 6.26. The van der Waals surface area contributed by atoms with Gasteiger partial charge in [-0.05, 0) is 43.1 Å². The molecule has 0 aliphatic carbocycles. The zero-order valence-electron chi connectivity index (χ0n) is 12.5. The molecule has 1 N–H and O–H groups in total. The van der Waals surface area contributed by atoms with Gasteiger partial charge in [0.15, 0.2) is 0 Å². The number of halogens is 2. The number of rotatable bonds is 6. The van der Waals surface area contributed by atoms with Gasteiger partial charge in [0.25, 0.3) is 0 Å². The molecule has 1 aromatic heterocycles. The van der Waals surface area contributed by atoms with E-state index in [1.807, 2.05) is 25.3 Å². The molecule has 0 unspecified atom stereocenters. The Labute approximate surface area is 144 Å². The van der Waals surface area contributed by atoms with Crippen LogP contribution in [-0.2, 0) is 11.3 Å². The second-order valence-corrected chi connectivity index (χ2v) is 6.81. The van der Waals surface area contributed by atoms with E-state index in [2.05, 4.69) is 16.3 Å². The Bertz CT molecular complexity index is 631. The first-order chi connectivity index (χ1) is 10.5. The van der Waals surface area contributed by atoms with Crippen molar-refractivity contribution in [3.63, 3.8) is 0 Å². The number of hydrogen-bond donors (Lipinski definition) is 1. The summed E-state index contributed by atoms with van der Waals surface area (Å²) >= 11 is 13.7. The van der Waals surface area contributed by atoms with Gasteiger partial charge >= 0.3 is 0 Å². The number of likely N-dealkylation sites (N-methyl/N-ethyl adjacent to an activating group) is 1. The van der Waals surface area contributed by atoms with Gasteiger partial charge in [0.2, 0.25) is 5.91 Å². The predicted molar refractivity (Wildman–Crippen MR) is 95.0 cm³/mol. The predicted octanol–water partition coefficient (Wildman–Crippen LogP) is 4.90. The van der Waals surface area contributed by atoms with E-state index in [0.717, 1.165) is 13.1 Å². The molecule has 22 heavy (non-hydrogen) atoms. The third kappa shape index (κ3) is 4.46. The van der Waals surface area contributed by atoms with Crippen molar-refractivity contribution in [1.29, 1.82) is 0 Å². The lowest BCUT2D eigenvalue weighted by atomic mass is 10.2. The van der Waals surface area contributed by atoms with Gasteiger partial charge in [-0.15, -0.1) is 11.3 Å². The normalized spacial score (nSPS) is 12.4. The molecule has 1 amide bonds. The molecule has 1 aromatic carbocycles. The summed E-state index contributed by atoms with van der Waals surface area (Å²) in [6, 6.07) is 8.85. The van der Waals surface area contributed by atoms with E-state index < -0.39 is 0 Å². The molecular weight excluding hydrogens is 339 g/mol. The molecule has 1 heterocycles. The van der Waals surface area contributed by atoms with Crippen molar-refractivity contribution in [2.75, 3.05) is 11.9 Å². The summed E-state index contributed by atoms with van der Waals surface area (Å²) in [6.07, 6.45) is 0. The van der Waals surface area contributed by atoms with Crippen LogP contribution in [0.5, 0.6) is 0 Å². The Hall–Kier alpha value is -1.07. The second kappa shape index (κ2) is 7.97. The number of anilines is 1. The van der Waals surface area contributed by atoms with Crippen LogP contribution < -0.4 is 5.32 Å². The molecule has 1 atom stereocenters. The number of carbonyl (C=O) groups excluding carboxylic acids is 1. The molecule has 2 aromatic rings. The van der Waals surface area contributed by atoms with Crippen molar-refractivity contribution in [1.82, 2.24) is 4.90 Å². The number of benzene rings is 1. The number of nitrogens with zero attached hydrogens (tertiary/aromatic N) is 1. The van der Waals surface area contributed by atoms with Crippen molar-refractivity contribution in [3.8, 4) is 0 Å². The van der Waals surface area contributed by atoms with Crippen LogP contribution in [0.15, 0.2) is 35.7 Å². The van der Waals surface area contributed by atoms with E-state index in [0.29, 0.717) is 15.7 Å². The number of carbonyl (C=O) groups is 1. The number of nitrogens with one attached hydrogen (secondary N) is 1. The van der Waals surface area contributed by atoms with Gasteiger partial charge in [0, 0.05) is 16.4 Å². The maximum atomic E-state index is 12.5. The highest BCUT2D eigenvalue weighted by Crippen LogP contribution is 2.26. The number of thiophene rings is 1. The van der Waals surface area contributed by atoms with Crippen molar-refractivity contribution in [3.05, 3.63) is 50.6 Å². The lowest BCUT2D eigenvalue weighted by Gasteiger charge is -2.26. The SMILES string of the molecule is CCN(Cc1cccs1)[C@@H](C)C(=O)Nc1cc(Cl)ccc1Cl. The molecule has 0 spiro atoms. The lowest BCUT2D eigenvalue weighted by Crippen LogP contribution is -2.41. The average Bonchev–Trinajstić information content (AvgIpc) is 3.00. The molecular formula is C16H18Cl2N2OS. The summed E-state index contributed by atoms with van der Waals surface area (Å²) in [5.74, 6) is -0.0948. The smallest absolute Gasteiger partial charge is 0.241 e. The fourth-order valence-corrected chi connectivity index (χ4v) is 3.19. The summed E-state index contributed by atoms with van der Waals surface area (Å²) in [4.78, 5) is 15.8. The lowest BCUT2D eigenvalue weighted by molar-refractivity contribution is -0.120. The molecule has 118 valence electrons. The third-order valence-electron chi connectivity index (χ3n) is 3.46. The summed E-state index contributed by atoms with van der Waals surface area (Å²) in [5, 5.41) is 5.91. The van der Waals surface area contributed by atoms with E-state index in [1.165, 1.54) is 4.88 Å². The molecule has 0 fully saturated rings. The minimum atomic E-state index is -0.262. The minimum absolute atomic E-state index is 0.0948. The van der Waals surface area contributed by atoms with Crippen molar-refractivity contribution in [2.45, 2.75) is 26.4 Å². The van der Waals surface area contributed by atoms with Gasteiger partial charge in [-0.1, -0.05) is 36.2 Å². The minimum Gasteiger partial charge on any atom is -0.323 e. The van der Waals surface area contributed by atoms with Crippen molar-refractivity contribution < 1.29 is 4.79 Å². The van der Waals surface area contributed by atoms with Crippen molar-refractivity contribution >= 4 is 46.1 Å². The average molecular weight is 357 g/mol. The van der Waals surface area contributed by atoms with E-state index in [9.17, 15) is 4.79 Å². The quantitative estimate of drug-likeness (QED) is 0.797. The molecule has 0 bridgehead atoms. The van der Waals surface area contributed by atoms with Gasteiger partial charge in [0.1, 0.15) is 0 Å². The monoisotopic (exact) mass is 356 g/mol. The maximum absolute atomic E-state index is 12.5. The van der Waals surface area contributed by atoms with Crippen LogP contribution in [0.2, 0.25) is 10.0 Å². The van der Waals surface area contributed by atoms with Crippen molar-refractivity contribution in [2.24, 2.45) is 0 Å². The van der Waals surface area contributed by atoms with Crippen LogP contribution in [0.4, 0.5) is 5.69 Å². The van der Waals surface area contributed by atoms with Gasteiger partial charge < -0.3 is 5.32 Å². The molecule has 0 aliphatic heterocycles. The third-order valence-corrected chi connectivity index (χ3v) is 4.88. The van der Waals surface area contributed by atoms with E-state index in [1.54, 1.807) is 29.5 Å². The topological polar surface area (TPSA) is 32.3 Å². The highest BCUT2D eigenvalue weighted by molar-refractivity contribution is 7.09. The molecule has 0 saturated carbocycles. The number of amides is 1. The molecule has 2 rings (SSSR count). The van der Waals surface area contributed by atoms with Crippen LogP contribution >= 0.6 is 34.5 Å². The van der Waals surface area contributed by atoms with Crippen LogP contribution in [0, 0.1) is 0 Å². The van der Waals surface area contributed by atoms with Gasteiger partial charge in [-0.25, -0.2) is 0 Å². The zero-order chi connectivity index (χ0) is 16.1. The van der Waals surface area contributed by atoms with Gasteiger partial charge in [-0.3, -0.25) is 9.69 Å². The highest BCUT2D eigenvalue weighted by atomic mass is 35.5. The maximum Gasteiger partial charge on any atom is 0.241 e. The molecule has 3 nitrogen and oxygen atoms in total. The van der Waals surface area contributed by atoms with E-state index in [4.69, 9.17) is 23.2 Å². The Morgan fingerprint density at radius 2 is 2.14 bits per heavy atom. The van der Waals surface area contributed by atoms with E-state index in [-0.39, 0.29) is 11.9 Å². The highest BCUT2D eigenvalue weighted by Gasteiger charge is 2.21. The fourth-order valence-electron chi connectivity index (χ4n) is 2.12. The Morgan fingerprint density at radius 3 is 2.77 bits per heavy atom.